The maximum Gasteiger partial charge on any atom is 0.248 e. The monoisotopic (exact) mass is 277 g/mol. The van der Waals surface area contributed by atoms with Gasteiger partial charge in [-0.3, -0.25) is 4.79 Å². The molecule has 5 nitrogen and oxygen atoms in total. The van der Waals surface area contributed by atoms with Crippen molar-refractivity contribution in [2.75, 3.05) is 12.3 Å². The first-order valence-electron chi connectivity index (χ1n) is 5.79. The number of benzene rings is 1. The third-order valence-corrected chi connectivity index (χ3v) is 3.72. The predicted molar refractivity (Wildman–Crippen MR) is 75.4 cm³/mol. The number of hydrogen-bond acceptors (Lipinski definition) is 5. The first kappa shape index (κ1) is 13.4. The summed E-state index contributed by atoms with van der Waals surface area (Å²) in [6.07, 6.45) is 0.785. The molecule has 4 N–H and O–H groups in total. The van der Waals surface area contributed by atoms with E-state index in [2.05, 4.69) is 4.98 Å². The van der Waals surface area contributed by atoms with Crippen LogP contribution in [0.1, 0.15) is 20.9 Å². The molecule has 0 aliphatic carbocycles. The molecule has 0 atom stereocenters. The van der Waals surface area contributed by atoms with Crippen molar-refractivity contribution < 1.29 is 9.53 Å². The molecule has 0 bridgehead atoms. The van der Waals surface area contributed by atoms with E-state index in [9.17, 15) is 4.79 Å². The minimum atomic E-state index is -0.501. The number of aryl methyl sites for hydroxylation is 1. The van der Waals surface area contributed by atoms with Crippen LogP contribution in [0.4, 0.5) is 5.69 Å². The maximum absolute atomic E-state index is 11.0. The molecule has 0 spiro atoms. The number of ether oxygens (including phenoxy) is 1. The van der Waals surface area contributed by atoms with Crippen molar-refractivity contribution in [3.63, 3.8) is 0 Å². The number of nitrogens with two attached hydrogens (primary N) is 2. The van der Waals surface area contributed by atoms with Gasteiger partial charge in [-0.1, -0.05) is 0 Å². The van der Waals surface area contributed by atoms with Crippen LogP contribution in [-0.4, -0.2) is 17.5 Å². The summed E-state index contributed by atoms with van der Waals surface area (Å²) in [7, 11) is 0. The van der Waals surface area contributed by atoms with Crippen molar-refractivity contribution in [1.29, 1.82) is 0 Å². The Labute approximate surface area is 115 Å². The van der Waals surface area contributed by atoms with E-state index in [1.54, 1.807) is 23.5 Å². The zero-order valence-corrected chi connectivity index (χ0v) is 11.4. The SMILES string of the molecule is Cc1ncsc1CCOc1ccc(C(N)=O)cc1N. The van der Waals surface area contributed by atoms with Crippen LogP contribution < -0.4 is 16.2 Å². The number of nitrogen functional groups attached to an aromatic ring is 1. The first-order valence-corrected chi connectivity index (χ1v) is 6.67. The van der Waals surface area contributed by atoms with Crippen LogP contribution in [0.15, 0.2) is 23.7 Å². The van der Waals surface area contributed by atoms with Gasteiger partial charge in [0, 0.05) is 16.9 Å². The number of primary amides is 1. The molecule has 6 heteroatoms. The Hall–Kier alpha value is -2.08. The largest absolute Gasteiger partial charge is 0.491 e. The third kappa shape index (κ3) is 3.23. The molecular weight excluding hydrogens is 262 g/mol. The van der Waals surface area contributed by atoms with Crippen LogP contribution in [0.2, 0.25) is 0 Å². The molecule has 1 aromatic heterocycles. The number of carbonyl (C=O) groups excluding carboxylic acids is 1. The Bertz CT molecular complexity index is 595. The van der Waals surface area contributed by atoms with Crippen LogP contribution in [0, 0.1) is 6.92 Å². The second-order valence-electron chi connectivity index (χ2n) is 4.08. The summed E-state index contributed by atoms with van der Waals surface area (Å²) in [6, 6.07) is 4.79. The summed E-state index contributed by atoms with van der Waals surface area (Å²) in [5.74, 6) is 0.0608. The van der Waals surface area contributed by atoms with Crippen LogP contribution >= 0.6 is 11.3 Å². The Morgan fingerprint density at radius 2 is 2.26 bits per heavy atom. The molecule has 0 saturated carbocycles. The molecule has 0 radical (unpaired) electrons. The van der Waals surface area contributed by atoms with Crippen molar-refractivity contribution in [3.05, 3.63) is 39.8 Å². The van der Waals surface area contributed by atoms with Crippen LogP contribution in [0.25, 0.3) is 0 Å². The molecule has 19 heavy (non-hydrogen) atoms. The third-order valence-electron chi connectivity index (χ3n) is 2.73. The van der Waals surface area contributed by atoms with Gasteiger partial charge in [0.25, 0.3) is 0 Å². The van der Waals surface area contributed by atoms with Crippen molar-refractivity contribution in [2.45, 2.75) is 13.3 Å². The van der Waals surface area contributed by atoms with E-state index in [1.807, 2.05) is 12.4 Å². The number of rotatable bonds is 5. The first-order chi connectivity index (χ1) is 9.08. The molecule has 0 saturated heterocycles. The lowest BCUT2D eigenvalue weighted by Crippen LogP contribution is -2.11. The number of carbonyl (C=O) groups is 1. The molecule has 1 aromatic carbocycles. The summed E-state index contributed by atoms with van der Waals surface area (Å²) in [6.45, 7) is 2.49. The van der Waals surface area contributed by atoms with Crippen molar-refractivity contribution in [3.8, 4) is 5.75 Å². The quantitative estimate of drug-likeness (QED) is 0.814. The number of aromatic nitrogens is 1. The molecule has 100 valence electrons. The van der Waals surface area contributed by atoms with Gasteiger partial charge >= 0.3 is 0 Å². The van der Waals surface area contributed by atoms with Gasteiger partial charge in [-0.05, 0) is 25.1 Å². The predicted octanol–water partition coefficient (Wildman–Crippen LogP) is 1.75. The number of hydrogen-bond donors (Lipinski definition) is 2. The van der Waals surface area contributed by atoms with E-state index in [4.69, 9.17) is 16.2 Å². The normalized spacial score (nSPS) is 10.4. The molecular formula is C13H15N3O2S. The Morgan fingerprint density at radius 3 is 2.84 bits per heavy atom. The van der Waals surface area contributed by atoms with Crippen LogP contribution in [-0.2, 0) is 6.42 Å². The van der Waals surface area contributed by atoms with Gasteiger partial charge in [0.15, 0.2) is 0 Å². The van der Waals surface area contributed by atoms with Crippen molar-refractivity contribution in [1.82, 2.24) is 4.98 Å². The highest BCUT2D eigenvalue weighted by atomic mass is 32.1. The van der Waals surface area contributed by atoms with Gasteiger partial charge in [0.1, 0.15) is 5.75 Å². The molecule has 0 aliphatic heterocycles. The van der Waals surface area contributed by atoms with Crippen LogP contribution in [0.3, 0.4) is 0 Å². The molecule has 2 rings (SSSR count). The van der Waals surface area contributed by atoms with Gasteiger partial charge < -0.3 is 16.2 Å². The fraction of sp³-hybridized carbons (Fsp3) is 0.231. The van der Waals surface area contributed by atoms with E-state index in [0.29, 0.717) is 23.6 Å². The minimum absolute atomic E-state index is 0.378. The lowest BCUT2D eigenvalue weighted by molar-refractivity contribution is 0.100. The van der Waals surface area contributed by atoms with Gasteiger partial charge in [-0.25, -0.2) is 4.98 Å². The van der Waals surface area contributed by atoms with E-state index in [0.717, 1.165) is 12.1 Å². The van der Waals surface area contributed by atoms with E-state index in [-0.39, 0.29) is 0 Å². The fourth-order valence-electron chi connectivity index (χ4n) is 1.65. The second-order valence-corrected chi connectivity index (χ2v) is 5.02. The van der Waals surface area contributed by atoms with Crippen LogP contribution in [0.5, 0.6) is 5.75 Å². The second kappa shape index (κ2) is 5.71. The summed E-state index contributed by atoms with van der Waals surface area (Å²) in [5.41, 5.74) is 14.6. The number of thiazole rings is 1. The van der Waals surface area contributed by atoms with Gasteiger partial charge in [0.05, 0.1) is 23.5 Å². The number of anilines is 1. The number of amides is 1. The molecule has 0 aliphatic rings. The van der Waals surface area contributed by atoms with Gasteiger partial charge in [-0.15, -0.1) is 11.3 Å². The zero-order valence-electron chi connectivity index (χ0n) is 10.6. The highest BCUT2D eigenvalue weighted by Crippen LogP contribution is 2.23. The summed E-state index contributed by atoms with van der Waals surface area (Å²) in [4.78, 5) is 16.4. The van der Waals surface area contributed by atoms with E-state index >= 15 is 0 Å². The smallest absolute Gasteiger partial charge is 0.248 e. The van der Waals surface area contributed by atoms with Gasteiger partial charge in [-0.2, -0.15) is 0 Å². The standard InChI is InChI=1S/C13H15N3O2S/c1-8-12(19-7-16-8)4-5-18-11-3-2-9(13(15)17)6-10(11)14/h2-3,6-7H,4-5,14H2,1H3,(H2,15,17). The van der Waals surface area contributed by atoms with E-state index in [1.165, 1.54) is 10.9 Å². The summed E-state index contributed by atoms with van der Waals surface area (Å²) < 4.78 is 5.60. The van der Waals surface area contributed by atoms with Crippen molar-refractivity contribution >= 4 is 22.9 Å². The molecule has 1 amide bonds. The maximum atomic E-state index is 11.0. The highest BCUT2D eigenvalue weighted by Gasteiger charge is 2.07. The molecule has 0 unspecified atom stereocenters. The summed E-state index contributed by atoms with van der Waals surface area (Å²) >= 11 is 1.61. The van der Waals surface area contributed by atoms with Crippen molar-refractivity contribution in [2.24, 2.45) is 5.73 Å². The van der Waals surface area contributed by atoms with E-state index < -0.39 is 5.91 Å². The topological polar surface area (TPSA) is 91.2 Å². The lowest BCUT2D eigenvalue weighted by Gasteiger charge is -2.09. The molecule has 2 aromatic rings. The highest BCUT2D eigenvalue weighted by molar-refractivity contribution is 7.09. The molecule has 0 fully saturated rings. The Balaban J connectivity index is 1.96. The average molecular weight is 277 g/mol. The zero-order chi connectivity index (χ0) is 13.8. The Morgan fingerprint density at radius 1 is 1.47 bits per heavy atom. The minimum Gasteiger partial charge on any atom is -0.491 e. The Kier molecular flexibility index (Phi) is 4.01. The fourth-order valence-corrected chi connectivity index (χ4v) is 2.42. The molecule has 1 heterocycles. The van der Waals surface area contributed by atoms with Gasteiger partial charge in [0.2, 0.25) is 5.91 Å². The lowest BCUT2D eigenvalue weighted by atomic mass is 10.2. The number of nitrogens with zero attached hydrogens (tertiary/aromatic N) is 1. The summed E-state index contributed by atoms with van der Waals surface area (Å²) in [5, 5.41) is 0. The average Bonchev–Trinajstić information content (AvgIpc) is 2.77.